The highest BCUT2D eigenvalue weighted by Gasteiger charge is 2.39. The number of nitrogens with one attached hydrogen (secondary N) is 6. The molecule has 1 aliphatic carbocycles. The van der Waals surface area contributed by atoms with Gasteiger partial charge >= 0.3 is 18.1 Å². The number of amides is 6. The highest BCUT2D eigenvalue weighted by atomic mass is 19.4. The SMILES string of the molecule is Cc1ccccc1C[C@H](NC(=O)[C@H](CC1CCCCC1)NC(=O)[C@H](CC(=O)O)NC(=O)CCC(=O)O)C(=O)N[C@H](C(=O)N[C@@H](CC(C)C)C(=O)N[C@H](C=O)CC(F)(F)F)C(C)(C)C. The second kappa shape index (κ2) is 24.9. The van der Waals surface area contributed by atoms with E-state index in [1.807, 2.05) is 5.32 Å². The number of rotatable bonds is 24. The fourth-order valence-corrected chi connectivity index (χ4v) is 7.21. The number of carbonyl (C=O) groups excluding carboxylic acids is 7. The van der Waals surface area contributed by atoms with Crippen LogP contribution in [-0.2, 0) is 49.6 Å². The molecule has 17 nitrogen and oxygen atoms in total. The van der Waals surface area contributed by atoms with E-state index in [4.69, 9.17) is 5.11 Å². The van der Waals surface area contributed by atoms with Crippen molar-refractivity contribution in [3.63, 3.8) is 0 Å². The van der Waals surface area contributed by atoms with Crippen molar-refractivity contribution in [2.45, 2.75) is 161 Å². The van der Waals surface area contributed by atoms with E-state index in [2.05, 4.69) is 26.6 Å². The van der Waals surface area contributed by atoms with E-state index in [1.165, 1.54) is 0 Å². The Morgan fingerprint density at radius 3 is 1.81 bits per heavy atom. The average Bonchev–Trinajstić information content (AvgIpc) is 3.17. The van der Waals surface area contributed by atoms with E-state index < -0.39 is 121 Å². The quantitative estimate of drug-likeness (QED) is 0.0700. The number of carbonyl (C=O) groups is 9. The number of carboxylic acid groups (broad SMARTS) is 2. The highest BCUT2D eigenvalue weighted by molar-refractivity contribution is 5.97. The van der Waals surface area contributed by atoms with Gasteiger partial charge in [0.25, 0.3) is 0 Å². The molecular weight excluding hydrogens is 833 g/mol. The number of carboxylic acids is 2. The standard InChI is InChI=1S/C43H63F3N6O11/c1-24(2)18-29(37(59)47-28(23-53)22-43(44,45)46)51-41(63)36(42(4,5)6)52-40(62)31(20-27-15-11-10-12-25(27)3)50-38(60)30(19-26-13-8-7-9-14-26)49-39(61)32(21-35(57)58)48-33(54)16-17-34(55)56/h10-12,15,23-24,26,28-32,36H,7-9,13-14,16-22H2,1-6H3,(H,47,59)(H,48,54)(H,49,61)(H,50,60)(H,51,63)(H,52,62)(H,55,56)(H,57,58)/t28-,29-,30-,31-,32-,36+/m0/s1. The molecule has 0 unspecified atom stereocenters. The van der Waals surface area contributed by atoms with Crippen LogP contribution in [0, 0.1) is 24.2 Å². The summed E-state index contributed by atoms with van der Waals surface area (Å²) in [7, 11) is 0. The van der Waals surface area contributed by atoms with Crippen LogP contribution < -0.4 is 31.9 Å². The van der Waals surface area contributed by atoms with Gasteiger partial charge in [-0.1, -0.05) is 91.0 Å². The molecule has 0 radical (unpaired) electrons. The van der Waals surface area contributed by atoms with Crippen molar-refractivity contribution in [2.75, 3.05) is 0 Å². The Hall–Kier alpha value is -5.56. The molecule has 63 heavy (non-hydrogen) atoms. The first-order valence-corrected chi connectivity index (χ1v) is 21.1. The molecule has 0 aromatic heterocycles. The molecule has 1 aromatic carbocycles. The summed E-state index contributed by atoms with van der Waals surface area (Å²) in [6, 6.07) is -2.17. The monoisotopic (exact) mass is 896 g/mol. The van der Waals surface area contributed by atoms with E-state index in [-0.39, 0.29) is 37.4 Å². The van der Waals surface area contributed by atoms with Gasteiger partial charge in [-0.25, -0.2) is 0 Å². The minimum Gasteiger partial charge on any atom is -0.481 e. The first kappa shape index (κ1) is 53.6. The van der Waals surface area contributed by atoms with Gasteiger partial charge in [-0.3, -0.25) is 38.4 Å². The van der Waals surface area contributed by atoms with Crippen molar-refractivity contribution < 1.29 is 66.5 Å². The molecule has 1 fully saturated rings. The van der Waals surface area contributed by atoms with Crippen molar-refractivity contribution in [3.05, 3.63) is 35.4 Å². The lowest BCUT2D eigenvalue weighted by Gasteiger charge is -2.34. The molecule has 20 heteroatoms. The largest absolute Gasteiger partial charge is 0.481 e. The maximum Gasteiger partial charge on any atom is 0.391 e. The third-order valence-electron chi connectivity index (χ3n) is 10.5. The Morgan fingerprint density at radius 2 is 1.27 bits per heavy atom. The third kappa shape index (κ3) is 20.0. The van der Waals surface area contributed by atoms with Gasteiger partial charge in [0.15, 0.2) is 0 Å². The Morgan fingerprint density at radius 1 is 0.714 bits per heavy atom. The summed E-state index contributed by atoms with van der Waals surface area (Å²) < 4.78 is 39.2. The topological polar surface area (TPSA) is 266 Å². The summed E-state index contributed by atoms with van der Waals surface area (Å²) in [5, 5.41) is 33.2. The molecule has 1 aromatic rings. The number of aryl methyl sites for hydroxylation is 1. The second-order valence-corrected chi connectivity index (χ2v) is 17.7. The van der Waals surface area contributed by atoms with Crippen molar-refractivity contribution in [1.82, 2.24) is 31.9 Å². The first-order valence-electron chi connectivity index (χ1n) is 21.1. The van der Waals surface area contributed by atoms with Gasteiger partial charge in [0.2, 0.25) is 35.4 Å². The summed E-state index contributed by atoms with van der Waals surface area (Å²) in [6.45, 7) is 10.0. The molecule has 1 aliphatic rings. The fourth-order valence-electron chi connectivity index (χ4n) is 7.21. The lowest BCUT2D eigenvalue weighted by Crippen LogP contribution is -2.62. The van der Waals surface area contributed by atoms with Crippen LogP contribution in [0.15, 0.2) is 24.3 Å². The highest BCUT2D eigenvalue weighted by Crippen LogP contribution is 2.28. The lowest BCUT2D eigenvalue weighted by atomic mass is 9.84. The van der Waals surface area contributed by atoms with Crippen LogP contribution in [-0.4, -0.2) is 106 Å². The molecule has 0 heterocycles. The molecule has 352 valence electrons. The third-order valence-corrected chi connectivity index (χ3v) is 10.5. The Kier molecular flexibility index (Phi) is 21.2. The van der Waals surface area contributed by atoms with Gasteiger partial charge < -0.3 is 46.9 Å². The summed E-state index contributed by atoms with van der Waals surface area (Å²) in [6.07, 6.45) is -4.42. The zero-order chi connectivity index (χ0) is 47.7. The van der Waals surface area contributed by atoms with Gasteiger partial charge in [0.1, 0.15) is 36.5 Å². The van der Waals surface area contributed by atoms with Crippen LogP contribution in [0.5, 0.6) is 0 Å². The molecule has 0 saturated heterocycles. The van der Waals surface area contributed by atoms with Gasteiger partial charge in [-0.15, -0.1) is 0 Å². The second-order valence-electron chi connectivity index (χ2n) is 17.7. The molecule has 6 atom stereocenters. The number of hydrogen-bond donors (Lipinski definition) is 8. The molecule has 8 N–H and O–H groups in total. The lowest BCUT2D eigenvalue weighted by molar-refractivity contribution is -0.147. The van der Waals surface area contributed by atoms with Gasteiger partial charge in [-0.05, 0) is 48.1 Å². The molecule has 0 spiro atoms. The minimum absolute atomic E-state index is 0.0423. The number of hydrogen-bond acceptors (Lipinski definition) is 9. The normalized spacial score (nSPS) is 16.2. The summed E-state index contributed by atoms with van der Waals surface area (Å²) in [5.74, 6) is -8.60. The molecule has 0 bridgehead atoms. The van der Waals surface area contributed by atoms with Crippen molar-refractivity contribution >= 4 is 53.7 Å². The van der Waals surface area contributed by atoms with Crippen LogP contribution in [0.3, 0.4) is 0 Å². The molecular formula is C43H63F3N6O11. The maximum atomic E-state index is 14.4. The minimum atomic E-state index is -4.77. The van der Waals surface area contributed by atoms with Gasteiger partial charge in [0, 0.05) is 12.8 Å². The zero-order valence-electron chi connectivity index (χ0n) is 36.7. The number of aliphatic carboxylic acids is 2. The Labute approximate surface area is 365 Å². The predicted octanol–water partition coefficient (Wildman–Crippen LogP) is 3.00. The predicted molar refractivity (Wildman–Crippen MR) is 222 cm³/mol. The fraction of sp³-hybridized carbons (Fsp3) is 0.651. The van der Waals surface area contributed by atoms with E-state index >= 15 is 0 Å². The van der Waals surface area contributed by atoms with E-state index in [0.717, 1.165) is 24.8 Å². The maximum absolute atomic E-state index is 14.4. The Balaban J connectivity index is 2.50. The zero-order valence-corrected chi connectivity index (χ0v) is 36.7. The van der Waals surface area contributed by atoms with Crippen LogP contribution in [0.1, 0.15) is 116 Å². The van der Waals surface area contributed by atoms with E-state index in [0.29, 0.717) is 18.4 Å². The van der Waals surface area contributed by atoms with E-state index in [1.54, 1.807) is 65.8 Å². The van der Waals surface area contributed by atoms with Crippen molar-refractivity contribution in [1.29, 1.82) is 0 Å². The summed E-state index contributed by atoms with van der Waals surface area (Å²) >= 11 is 0. The molecule has 2 rings (SSSR count). The van der Waals surface area contributed by atoms with Crippen molar-refractivity contribution in [3.8, 4) is 0 Å². The van der Waals surface area contributed by atoms with Gasteiger partial charge in [-0.2, -0.15) is 13.2 Å². The molecule has 0 aliphatic heterocycles. The number of aldehydes is 1. The van der Waals surface area contributed by atoms with Gasteiger partial charge in [0.05, 0.1) is 25.3 Å². The average molecular weight is 897 g/mol. The van der Waals surface area contributed by atoms with Crippen LogP contribution in [0.4, 0.5) is 13.2 Å². The van der Waals surface area contributed by atoms with Crippen molar-refractivity contribution in [2.24, 2.45) is 17.3 Å². The molecule has 6 amide bonds. The first-order chi connectivity index (χ1) is 29.3. The van der Waals surface area contributed by atoms with Crippen LogP contribution in [0.25, 0.3) is 0 Å². The van der Waals surface area contributed by atoms with E-state index in [9.17, 15) is 61.4 Å². The van der Waals surface area contributed by atoms with Crippen LogP contribution in [0.2, 0.25) is 0 Å². The number of alkyl halides is 3. The Bertz CT molecular complexity index is 1780. The number of benzene rings is 1. The van der Waals surface area contributed by atoms with Crippen LogP contribution >= 0.6 is 0 Å². The number of halogens is 3. The molecule has 1 saturated carbocycles. The smallest absolute Gasteiger partial charge is 0.391 e. The summed E-state index contributed by atoms with van der Waals surface area (Å²) in [4.78, 5) is 116. The summed E-state index contributed by atoms with van der Waals surface area (Å²) in [5.41, 5.74) is 0.312.